The monoisotopic (exact) mass is 533 g/mol. The number of aromatic nitrogens is 3. The largest absolute Gasteiger partial charge is 0.494 e. The van der Waals surface area contributed by atoms with E-state index in [0.717, 1.165) is 68.6 Å². The van der Waals surface area contributed by atoms with Gasteiger partial charge in [-0.15, -0.1) is 0 Å². The Kier molecular flexibility index (Phi) is 8.02. The minimum absolute atomic E-state index is 0.0230. The number of hydrogen-bond acceptors (Lipinski definition) is 8. The van der Waals surface area contributed by atoms with Crippen LogP contribution in [0.5, 0.6) is 5.75 Å². The first kappa shape index (κ1) is 26.9. The minimum Gasteiger partial charge on any atom is -0.494 e. The molecule has 0 unspecified atom stereocenters. The van der Waals surface area contributed by atoms with Gasteiger partial charge in [0.15, 0.2) is 0 Å². The van der Waals surface area contributed by atoms with E-state index in [1.165, 1.54) is 0 Å². The van der Waals surface area contributed by atoms with Crippen LogP contribution >= 0.6 is 0 Å². The second-order valence-corrected chi connectivity index (χ2v) is 10.7. The van der Waals surface area contributed by atoms with Gasteiger partial charge in [-0.05, 0) is 57.9 Å². The van der Waals surface area contributed by atoms with Crippen LogP contribution in [0.3, 0.4) is 0 Å². The molecular formula is C29H39N7O3. The molecule has 208 valence electrons. The van der Waals surface area contributed by atoms with Crippen molar-refractivity contribution in [2.24, 2.45) is 0 Å². The third kappa shape index (κ3) is 5.85. The van der Waals surface area contributed by atoms with Crippen molar-refractivity contribution in [2.45, 2.75) is 58.0 Å². The van der Waals surface area contributed by atoms with E-state index in [-0.39, 0.29) is 23.6 Å². The molecule has 1 aromatic carbocycles. The van der Waals surface area contributed by atoms with E-state index < -0.39 is 0 Å². The second-order valence-electron chi connectivity index (χ2n) is 10.7. The number of methoxy groups -OCH3 is 1. The van der Waals surface area contributed by atoms with Crippen molar-refractivity contribution in [3.05, 3.63) is 46.4 Å². The molecule has 2 N–H and O–H groups in total. The Labute approximate surface area is 229 Å². The van der Waals surface area contributed by atoms with Crippen molar-refractivity contribution < 1.29 is 9.53 Å². The molecule has 1 saturated heterocycles. The van der Waals surface area contributed by atoms with E-state index in [1.807, 2.05) is 36.6 Å². The maximum atomic E-state index is 13.4. The summed E-state index contributed by atoms with van der Waals surface area (Å²) in [6.07, 6.45) is 5.54. The van der Waals surface area contributed by atoms with Crippen LogP contribution in [-0.4, -0.2) is 71.7 Å². The Hall–Kier alpha value is -3.66. The molecule has 1 aliphatic heterocycles. The highest BCUT2D eigenvalue weighted by molar-refractivity contribution is 5.78. The molecule has 0 radical (unpaired) electrons. The number of likely N-dealkylation sites (N-methyl/N-ethyl adjacent to an activating group) is 1. The third-order valence-corrected chi connectivity index (χ3v) is 8.00. The quantitative estimate of drug-likeness (QED) is 0.475. The number of piperazine rings is 1. The van der Waals surface area contributed by atoms with E-state index in [1.54, 1.807) is 13.3 Å². The van der Waals surface area contributed by atoms with Crippen LogP contribution in [0.2, 0.25) is 0 Å². The van der Waals surface area contributed by atoms with Gasteiger partial charge >= 0.3 is 0 Å². The van der Waals surface area contributed by atoms with Crippen LogP contribution < -0.4 is 25.8 Å². The first-order chi connectivity index (χ1) is 18.9. The second kappa shape index (κ2) is 11.6. The number of anilines is 3. The zero-order valence-corrected chi connectivity index (χ0v) is 23.4. The first-order valence-electron chi connectivity index (χ1n) is 13.9. The minimum atomic E-state index is -0.0256. The SMILES string of the molecule is CCC(=O)NC1CCC(n2c(=O)c(C)cc3cnc(Nc4ccc(N5CCN(C)CC5)cc4OC)nc32)CC1. The van der Waals surface area contributed by atoms with Crippen LogP contribution in [0, 0.1) is 6.92 Å². The van der Waals surface area contributed by atoms with Crippen LogP contribution in [0.15, 0.2) is 35.3 Å². The van der Waals surface area contributed by atoms with Crippen molar-refractivity contribution >= 4 is 34.3 Å². The molecule has 10 nitrogen and oxygen atoms in total. The third-order valence-electron chi connectivity index (χ3n) is 8.00. The number of amides is 1. The number of nitrogens with one attached hydrogen (secondary N) is 2. The van der Waals surface area contributed by atoms with Gasteiger partial charge in [0.1, 0.15) is 11.4 Å². The average molecular weight is 534 g/mol. The highest BCUT2D eigenvalue weighted by Gasteiger charge is 2.26. The lowest BCUT2D eigenvalue weighted by molar-refractivity contribution is -0.121. The molecule has 39 heavy (non-hydrogen) atoms. The van der Waals surface area contributed by atoms with E-state index in [2.05, 4.69) is 38.5 Å². The molecule has 5 rings (SSSR count). The Morgan fingerprint density at radius 3 is 2.54 bits per heavy atom. The average Bonchev–Trinajstić information content (AvgIpc) is 2.95. The Morgan fingerprint density at radius 2 is 1.85 bits per heavy atom. The van der Waals surface area contributed by atoms with Crippen molar-refractivity contribution in [1.82, 2.24) is 24.8 Å². The fourth-order valence-electron chi connectivity index (χ4n) is 5.63. The number of carbonyl (C=O) groups excluding carboxylic acids is 1. The number of nitrogens with zero attached hydrogens (tertiary/aromatic N) is 5. The molecule has 3 aromatic rings. The van der Waals surface area contributed by atoms with Crippen molar-refractivity contribution in [1.29, 1.82) is 0 Å². The molecular weight excluding hydrogens is 494 g/mol. The molecule has 0 spiro atoms. The number of ether oxygens (including phenoxy) is 1. The summed E-state index contributed by atoms with van der Waals surface area (Å²) in [7, 11) is 3.81. The summed E-state index contributed by atoms with van der Waals surface area (Å²) in [4.78, 5) is 39.3. The summed E-state index contributed by atoms with van der Waals surface area (Å²) in [6, 6.07) is 8.17. The number of aryl methyl sites for hydroxylation is 1. The highest BCUT2D eigenvalue weighted by Crippen LogP contribution is 2.33. The van der Waals surface area contributed by atoms with Gasteiger partial charge in [-0.1, -0.05) is 6.92 Å². The Morgan fingerprint density at radius 1 is 1.10 bits per heavy atom. The number of benzene rings is 1. The summed E-state index contributed by atoms with van der Waals surface area (Å²) in [5.41, 5.74) is 3.16. The topological polar surface area (TPSA) is 105 Å². The maximum Gasteiger partial charge on any atom is 0.255 e. The van der Waals surface area contributed by atoms with E-state index >= 15 is 0 Å². The molecule has 2 fully saturated rings. The van der Waals surface area contributed by atoms with Gasteiger partial charge < -0.3 is 25.2 Å². The molecule has 2 aromatic heterocycles. The number of hydrogen-bond donors (Lipinski definition) is 2. The normalized spacial score (nSPS) is 20.2. The lowest BCUT2D eigenvalue weighted by Gasteiger charge is -2.34. The smallest absolute Gasteiger partial charge is 0.255 e. The summed E-state index contributed by atoms with van der Waals surface area (Å²) >= 11 is 0. The fraction of sp³-hybridized carbons (Fsp3) is 0.517. The van der Waals surface area contributed by atoms with Gasteiger partial charge in [-0.2, -0.15) is 4.98 Å². The Balaban J connectivity index is 1.40. The zero-order valence-electron chi connectivity index (χ0n) is 23.4. The van der Waals surface area contributed by atoms with E-state index in [4.69, 9.17) is 9.72 Å². The number of fused-ring (bicyclic) bond motifs is 1. The van der Waals surface area contributed by atoms with Gasteiger partial charge in [0.05, 0.1) is 12.8 Å². The van der Waals surface area contributed by atoms with Crippen LogP contribution in [0.4, 0.5) is 17.3 Å². The number of carbonyl (C=O) groups is 1. The summed E-state index contributed by atoms with van der Waals surface area (Å²) < 4.78 is 7.55. The molecule has 3 heterocycles. The van der Waals surface area contributed by atoms with Gasteiger partial charge in [0.25, 0.3) is 5.56 Å². The van der Waals surface area contributed by atoms with Gasteiger partial charge in [-0.25, -0.2) is 4.98 Å². The highest BCUT2D eigenvalue weighted by atomic mass is 16.5. The molecule has 10 heteroatoms. The van der Waals surface area contributed by atoms with Crippen LogP contribution in [-0.2, 0) is 4.79 Å². The molecule has 1 aliphatic carbocycles. The summed E-state index contributed by atoms with van der Waals surface area (Å²) in [6.45, 7) is 7.72. The molecule has 1 saturated carbocycles. The number of rotatable bonds is 7. The van der Waals surface area contributed by atoms with Gasteiger partial charge in [-0.3, -0.25) is 14.2 Å². The lowest BCUT2D eigenvalue weighted by atomic mass is 9.90. The van der Waals surface area contributed by atoms with Crippen molar-refractivity contribution in [2.75, 3.05) is 50.6 Å². The molecule has 1 amide bonds. The summed E-state index contributed by atoms with van der Waals surface area (Å²) in [5, 5.41) is 7.24. The van der Waals surface area contributed by atoms with Gasteiger partial charge in [0, 0.05) is 73.6 Å². The molecule has 0 bridgehead atoms. The molecule has 0 atom stereocenters. The predicted octanol–water partition coefficient (Wildman–Crippen LogP) is 3.61. The standard InChI is InChI=1S/C29H39N7O3/c1-5-26(37)31-21-6-8-22(9-7-21)36-27-20(16-19(2)28(36)38)18-30-29(33-27)32-24-11-10-23(17-25(24)39-4)35-14-12-34(3)13-15-35/h10-11,16-18,21-22H,5-9,12-15H2,1-4H3,(H,31,37)(H,30,32,33). The lowest BCUT2D eigenvalue weighted by Crippen LogP contribution is -2.44. The zero-order chi connectivity index (χ0) is 27.5. The number of pyridine rings is 1. The first-order valence-corrected chi connectivity index (χ1v) is 13.9. The van der Waals surface area contributed by atoms with Gasteiger partial charge in [0.2, 0.25) is 11.9 Å². The van der Waals surface area contributed by atoms with Crippen molar-refractivity contribution in [3.63, 3.8) is 0 Å². The van der Waals surface area contributed by atoms with Crippen LogP contribution in [0.25, 0.3) is 11.0 Å². The Bertz CT molecular complexity index is 1390. The van der Waals surface area contributed by atoms with Crippen LogP contribution in [0.1, 0.15) is 50.6 Å². The maximum absolute atomic E-state index is 13.4. The molecule has 2 aliphatic rings. The predicted molar refractivity (Wildman–Crippen MR) is 154 cm³/mol. The summed E-state index contributed by atoms with van der Waals surface area (Å²) in [5.74, 6) is 1.20. The van der Waals surface area contributed by atoms with E-state index in [0.29, 0.717) is 29.3 Å². The van der Waals surface area contributed by atoms with E-state index in [9.17, 15) is 9.59 Å². The van der Waals surface area contributed by atoms with Crippen molar-refractivity contribution in [3.8, 4) is 5.75 Å². The fourth-order valence-corrected chi connectivity index (χ4v) is 5.63.